The molecule has 3 nitrogen and oxygen atoms in total. The van der Waals surface area contributed by atoms with Crippen LogP contribution in [0.1, 0.15) is 54.9 Å². The van der Waals surface area contributed by atoms with E-state index in [9.17, 15) is 4.79 Å². The first-order valence-electron chi connectivity index (χ1n) is 8.43. The SMILES string of the molecule is CCc1ccc(C(=O)N2CCCCC2C2CCCN2)cc1. The van der Waals surface area contributed by atoms with Crippen molar-refractivity contribution < 1.29 is 4.79 Å². The van der Waals surface area contributed by atoms with E-state index in [4.69, 9.17) is 0 Å². The van der Waals surface area contributed by atoms with E-state index in [0.29, 0.717) is 12.1 Å². The van der Waals surface area contributed by atoms with Crippen molar-refractivity contribution in [3.8, 4) is 0 Å². The predicted octanol–water partition coefficient (Wildman–Crippen LogP) is 3.00. The number of likely N-dealkylation sites (tertiary alicyclic amines) is 1. The number of carbonyl (C=O) groups is 1. The third-order valence-electron chi connectivity index (χ3n) is 4.98. The summed E-state index contributed by atoms with van der Waals surface area (Å²) in [6, 6.07) is 9.05. The maximum absolute atomic E-state index is 12.9. The van der Waals surface area contributed by atoms with Crippen LogP contribution < -0.4 is 5.32 Å². The number of amides is 1. The Morgan fingerprint density at radius 3 is 2.67 bits per heavy atom. The van der Waals surface area contributed by atoms with Crippen LogP contribution in [0.25, 0.3) is 0 Å². The lowest BCUT2D eigenvalue weighted by molar-refractivity contribution is 0.0563. The smallest absolute Gasteiger partial charge is 0.254 e. The van der Waals surface area contributed by atoms with Gasteiger partial charge in [0.05, 0.1) is 0 Å². The molecule has 0 spiro atoms. The third-order valence-corrected chi connectivity index (χ3v) is 4.98. The molecule has 2 atom stereocenters. The minimum Gasteiger partial charge on any atom is -0.334 e. The van der Waals surface area contributed by atoms with E-state index < -0.39 is 0 Å². The van der Waals surface area contributed by atoms with Crippen LogP contribution in [0.5, 0.6) is 0 Å². The van der Waals surface area contributed by atoms with E-state index in [0.717, 1.165) is 37.9 Å². The average Bonchev–Trinajstić information content (AvgIpc) is 3.08. The second-order valence-corrected chi connectivity index (χ2v) is 6.31. The van der Waals surface area contributed by atoms with Gasteiger partial charge in [0.15, 0.2) is 0 Å². The van der Waals surface area contributed by atoms with Crippen LogP contribution in [0, 0.1) is 0 Å². The number of aryl methyl sites for hydroxylation is 1. The zero-order valence-corrected chi connectivity index (χ0v) is 13.0. The highest BCUT2D eigenvalue weighted by atomic mass is 16.2. The lowest BCUT2D eigenvalue weighted by Crippen LogP contribution is -2.52. The van der Waals surface area contributed by atoms with E-state index in [1.165, 1.54) is 24.8 Å². The monoisotopic (exact) mass is 286 g/mol. The first-order chi connectivity index (χ1) is 10.3. The van der Waals surface area contributed by atoms with Gasteiger partial charge in [-0.3, -0.25) is 4.79 Å². The molecule has 114 valence electrons. The Morgan fingerprint density at radius 1 is 1.19 bits per heavy atom. The molecule has 0 radical (unpaired) electrons. The van der Waals surface area contributed by atoms with Gasteiger partial charge in [-0.15, -0.1) is 0 Å². The highest BCUT2D eigenvalue weighted by Crippen LogP contribution is 2.26. The van der Waals surface area contributed by atoms with E-state index in [-0.39, 0.29) is 5.91 Å². The molecule has 1 aromatic rings. The summed E-state index contributed by atoms with van der Waals surface area (Å²) in [5.74, 6) is 0.219. The number of piperidine rings is 1. The largest absolute Gasteiger partial charge is 0.334 e. The number of hydrogen-bond donors (Lipinski definition) is 1. The normalized spacial score (nSPS) is 26.0. The Kier molecular flexibility index (Phi) is 4.59. The molecule has 2 fully saturated rings. The molecule has 0 aliphatic carbocycles. The predicted molar refractivity (Wildman–Crippen MR) is 85.5 cm³/mol. The average molecular weight is 286 g/mol. The molecule has 3 heteroatoms. The van der Waals surface area contributed by atoms with Crippen molar-refractivity contribution in [3.05, 3.63) is 35.4 Å². The Morgan fingerprint density at radius 2 is 2.00 bits per heavy atom. The Balaban J connectivity index is 1.76. The quantitative estimate of drug-likeness (QED) is 0.926. The van der Waals surface area contributed by atoms with Gasteiger partial charge < -0.3 is 10.2 Å². The van der Waals surface area contributed by atoms with Crippen molar-refractivity contribution in [3.63, 3.8) is 0 Å². The highest BCUT2D eigenvalue weighted by molar-refractivity contribution is 5.94. The number of benzene rings is 1. The fourth-order valence-corrected chi connectivity index (χ4v) is 3.72. The minimum absolute atomic E-state index is 0.219. The van der Waals surface area contributed by atoms with Crippen LogP contribution in [-0.2, 0) is 6.42 Å². The van der Waals surface area contributed by atoms with Crippen LogP contribution in [0.4, 0.5) is 0 Å². The molecular formula is C18H26N2O. The van der Waals surface area contributed by atoms with Crippen LogP contribution in [0.15, 0.2) is 24.3 Å². The van der Waals surface area contributed by atoms with Gasteiger partial charge in [0.1, 0.15) is 0 Å². The van der Waals surface area contributed by atoms with Crippen molar-refractivity contribution in [2.45, 2.75) is 57.5 Å². The van der Waals surface area contributed by atoms with Gasteiger partial charge in [0.25, 0.3) is 5.91 Å². The van der Waals surface area contributed by atoms with Gasteiger partial charge in [-0.1, -0.05) is 19.1 Å². The topological polar surface area (TPSA) is 32.3 Å². The maximum atomic E-state index is 12.9. The van der Waals surface area contributed by atoms with Crippen molar-refractivity contribution in [1.29, 1.82) is 0 Å². The molecule has 0 saturated carbocycles. The van der Waals surface area contributed by atoms with E-state index in [2.05, 4.69) is 29.3 Å². The molecule has 0 bridgehead atoms. The molecule has 2 saturated heterocycles. The van der Waals surface area contributed by atoms with E-state index in [1.807, 2.05) is 12.1 Å². The standard InChI is InChI=1S/C18H26N2O/c1-2-14-8-10-15(11-9-14)18(21)20-13-4-3-7-17(20)16-6-5-12-19-16/h8-11,16-17,19H,2-7,12-13H2,1H3. The summed E-state index contributed by atoms with van der Waals surface area (Å²) in [6.45, 7) is 4.16. The van der Waals surface area contributed by atoms with Gasteiger partial charge in [-0.05, 0) is 62.8 Å². The zero-order valence-electron chi connectivity index (χ0n) is 13.0. The second-order valence-electron chi connectivity index (χ2n) is 6.31. The summed E-state index contributed by atoms with van der Waals surface area (Å²) in [5.41, 5.74) is 2.14. The van der Waals surface area contributed by atoms with Gasteiger partial charge >= 0.3 is 0 Å². The first-order valence-corrected chi connectivity index (χ1v) is 8.43. The molecule has 3 rings (SSSR count). The number of nitrogens with zero attached hydrogens (tertiary/aromatic N) is 1. The number of nitrogens with one attached hydrogen (secondary N) is 1. The van der Waals surface area contributed by atoms with Gasteiger partial charge in [0, 0.05) is 24.2 Å². The fourth-order valence-electron chi connectivity index (χ4n) is 3.72. The molecule has 2 unspecified atom stereocenters. The van der Waals surface area contributed by atoms with Crippen LogP contribution >= 0.6 is 0 Å². The number of rotatable bonds is 3. The molecule has 21 heavy (non-hydrogen) atoms. The minimum atomic E-state index is 0.219. The summed E-state index contributed by atoms with van der Waals surface area (Å²) >= 11 is 0. The number of hydrogen-bond acceptors (Lipinski definition) is 2. The van der Waals surface area contributed by atoms with Crippen molar-refractivity contribution in [2.24, 2.45) is 0 Å². The molecule has 1 aromatic carbocycles. The first kappa shape index (κ1) is 14.6. The van der Waals surface area contributed by atoms with Gasteiger partial charge in [-0.25, -0.2) is 0 Å². The van der Waals surface area contributed by atoms with Gasteiger partial charge in [0.2, 0.25) is 0 Å². The van der Waals surface area contributed by atoms with E-state index >= 15 is 0 Å². The molecule has 1 amide bonds. The Labute approximate surface area is 127 Å². The molecule has 1 N–H and O–H groups in total. The van der Waals surface area contributed by atoms with Crippen molar-refractivity contribution in [1.82, 2.24) is 10.2 Å². The molecular weight excluding hydrogens is 260 g/mol. The van der Waals surface area contributed by atoms with Crippen LogP contribution in [0.3, 0.4) is 0 Å². The highest BCUT2D eigenvalue weighted by Gasteiger charge is 2.34. The second kappa shape index (κ2) is 6.61. The van der Waals surface area contributed by atoms with Crippen LogP contribution in [-0.4, -0.2) is 36.0 Å². The summed E-state index contributed by atoms with van der Waals surface area (Å²) < 4.78 is 0. The molecule has 2 heterocycles. The van der Waals surface area contributed by atoms with Crippen molar-refractivity contribution >= 4 is 5.91 Å². The van der Waals surface area contributed by atoms with Crippen LogP contribution in [0.2, 0.25) is 0 Å². The lowest BCUT2D eigenvalue weighted by Gasteiger charge is -2.39. The van der Waals surface area contributed by atoms with E-state index in [1.54, 1.807) is 0 Å². The summed E-state index contributed by atoms with van der Waals surface area (Å²) in [7, 11) is 0. The molecule has 2 aliphatic rings. The summed E-state index contributed by atoms with van der Waals surface area (Å²) in [6.07, 6.45) is 7.02. The zero-order chi connectivity index (χ0) is 14.7. The third kappa shape index (κ3) is 3.13. The summed E-state index contributed by atoms with van der Waals surface area (Å²) in [4.78, 5) is 15.0. The van der Waals surface area contributed by atoms with Gasteiger partial charge in [-0.2, -0.15) is 0 Å². The van der Waals surface area contributed by atoms with Crippen molar-refractivity contribution in [2.75, 3.05) is 13.1 Å². The lowest BCUT2D eigenvalue weighted by atomic mass is 9.93. The number of carbonyl (C=O) groups excluding carboxylic acids is 1. The molecule has 0 aromatic heterocycles. The molecule has 2 aliphatic heterocycles. The Hall–Kier alpha value is -1.35. The fraction of sp³-hybridized carbons (Fsp3) is 0.611. The Bertz CT molecular complexity index is 476. The summed E-state index contributed by atoms with van der Waals surface area (Å²) in [5, 5.41) is 3.59. The maximum Gasteiger partial charge on any atom is 0.254 e.